The van der Waals surface area contributed by atoms with E-state index in [0.29, 0.717) is 0 Å². The van der Waals surface area contributed by atoms with Crippen LogP contribution in [0.1, 0.15) is 22.3 Å². The predicted molar refractivity (Wildman–Crippen MR) is 227 cm³/mol. The van der Waals surface area contributed by atoms with E-state index in [0.717, 1.165) is 45.1 Å². The fourth-order valence-corrected chi connectivity index (χ4v) is 9.18. The van der Waals surface area contributed by atoms with Gasteiger partial charge < -0.3 is 9.64 Å². The van der Waals surface area contributed by atoms with E-state index in [1.807, 2.05) is 0 Å². The maximum absolute atomic E-state index is 6.92. The summed E-state index contributed by atoms with van der Waals surface area (Å²) in [5.41, 5.74) is 14.7. The summed E-state index contributed by atoms with van der Waals surface area (Å²) in [4.78, 5) is 2.46. The molecule has 0 radical (unpaired) electrons. The number of fused-ring (bicyclic) bond motifs is 11. The Bertz CT molecular complexity index is 2830. The molecule has 1 aliphatic carbocycles. The Balaban J connectivity index is 1.22. The van der Waals surface area contributed by atoms with Crippen molar-refractivity contribution in [3.63, 3.8) is 0 Å². The molecule has 0 aromatic heterocycles. The van der Waals surface area contributed by atoms with Gasteiger partial charge >= 0.3 is 0 Å². The molecule has 1 atom stereocenters. The normalized spacial score (nSPS) is 14.8. The van der Waals surface area contributed by atoms with Crippen LogP contribution in [0.5, 0.6) is 11.5 Å². The summed E-state index contributed by atoms with van der Waals surface area (Å²) in [5.74, 6) is 1.82. The highest BCUT2D eigenvalue weighted by Gasteiger charge is 2.52. The summed E-state index contributed by atoms with van der Waals surface area (Å²) < 4.78 is 6.92. The first-order chi connectivity index (χ1) is 27.3. The van der Waals surface area contributed by atoms with Gasteiger partial charge in [-0.15, -0.1) is 0 Å². The fraction of sp³-hybridized carbons (Fsp3) is 0.0189. The number of anilines is 3. The SMILES string of the molecule is c1ccc(-c2cccc(N(c3cccc(-c4ccccc4)c3)c3cccc4c3-c3ccccc3[C@@]43c4ccccc4Oc4c3ccc3ccccc43)c2)cc1. The Morgan fingerprint density at radius 2 is 0.945 bits per heavy atom. The van der Waals surface area contributed by atoms with E-state index in [9.17, 15) is 0 Å². The van der Waals surface area contributed by atoms with Crippen molar-refractivity contribution in [1.29, 1.82) is 0 Å². The van der Waals surface area contributed by atoms with Crippen LogP contribution in [-0.2, 0) is 5.41 Å². The number of hydrogen-bond acceptors (Lipinski definition) is 2. The molecule has 0 amide bonds. The highest BCUT2D eigenvalue weighted by molar-refractivity contribution is 6.01. The maximum atomic E-state index is 6.92. The smallest absolute Gasteiger partial charge is 0.140 e. The molecule has 2 aliphatic rings. The van der Waals surface area contributed by atoms with E-state index >= 15 is 0 Å². The molecule has 0 saturated heterocycles. The number of rotatable bonds is 5. The van der Waals surface area contributed by atoms with Gasteiger partial charge in [0.25, 0.3) is 0 Å². The van der Waals surface area contributed by atoms with Crippen molar-refractivity contribution in [1.82, 2.24) is 0 Å². The minimum Gasteiger partial charge on any atom is -0.456 e. The minimum absolute atomic E-state index is 0.598. The molecule has 1 heterocycles. The van der Waals surface area contributed by atoms with E-state index in [2.05, 4.69) is 217 Å². The topological polar surface area (TPSA) is 12.5 Å². The lowest BCUT2D eigenvalue weighted by Gasteiger charge is -2.40. The lowest BCUT2D eigenvalue weighted by atomic mass is 9.65. The van der Waals surface area contributed by atoms with Crippen LogP contribution < -0.4 is 9.64 Å². The summed E-state index contributed by atoms with van der Waals surface area (Å²) in [5, 5.41) is 2.28. The lowest BCUT2D eigenvalue weighted by molar-refractivity contribution is 0.441. The molecule has 9 aromatic carbocycles. The summed E-state index contributed by atoms with van der Waals surface area (Å²) in [7, 11) is 0. The molecule has 2 heteroatoms. The van der Waals surface area contributed by atoms with Gasteiger partial charge in [-0.3, -0.25) is 0 Å². The molecule has 11 rings (SSSR count). The predicted octanol–water partition coefficient (Wildman–Crippen LogP) is 14.1. The van der Waals surface area contributed by atoms with Crippen LogP contribution in [0, 0.1) is 0 Å². The molecule has 9 aromatic rings. The van der Waals surface area contributed by atoms with Crippen molar-refractivity contribution in [2.24, 2.45) is 0 Å². The van der Waals surface area contributed by atoms with Gasteiger partial charge in [-0.25, -0.2) is 0 Å². The maximum Gasteiger partial charge on any atom is 0.140 e. The molecule has 0 fully saturated rings. The van der Waals surface area contributed by atoms with Gasteiger partial charge in [-0.1, -0.05) is 176 Å². The summed E-state index contributed by atoms with van der Waals surface area (Å²) in [6, 6.07) is 76.9. The number of benzene rings is 9. The van der Waals surface area contributed by atoms with Gasteiger partial charge in [0.05, 0.1) is 11.1 Å². The van der Waals surface area contributed by atoms with Crippen LogP contribution in [0.25, 0.3) is 44.2 Å². The second-order valence-electron chi connectivity index (χ2n) is 14.4. The van der Waals surface area contributed by atoms with Crippen molar-refractivity contribution < 1.29 is 4.74 Å². The second kappa shape index (κ2) is 12.5. The van der Waals surface area contributed by atoms with Crippen molar-refractivity contribution in [2.75, 3.05) is 4.90 Å². The van der Waals surface area contributed by atoms with Gasteiger partial charge in [0.1, 0.15) is 11.5 Å². The van der Waals surface area contributed by atoms with Crippen LogP contribution in [-0.4, -0.2) is 0 Å². The van der Waals surface area contributed by atoms with Crippen LogP contribution in [0.3, 0.4) is 0 Å². The van der Waals surface area contributed by atoms with Crippen LogP contribution in [0.2, 0.25) is 0 Å². The molecule has 1 aliphatic heterocycles. The Labute approximate surface area is 321 Å². The summed E-state index contributed by atoms with van der Waals surface area (Å²) in [6.07, 6.45) is 0. The monoisotopic (exact) mass is 701 g/mol. The molecule has 2 nitrogen and oxygen atoms in total. The Morgan fingerprint density at radius 1 is 0.382 bits per heavy atom. The first-order valence-electron chi connectivity index (χ1n) is 18.9. The van der Waals surface area contributed by atoms with Gasteiger partial charge in [0, 0.05) is 33.5 Å². The molecular weight excluding hydrogens is 667 g/mol. The van der Waals surface area contributed by atoms with E-state index in [1.54, 1.807) is 0 Å². The molecule has 1 spiro atoms. The van der Waals surface area contributed by atoms with Gasteiger partial charge in [0.15, 0.2) is 0 Å². The van der Waals surface area contributed by atoms with Crippen molar-refractivity contribution in [3.8, 4) is 44.9 Å². The summed E-state index contributed by atoms with van der Waals surface area (Å²) >= 11 is 0. The van der Waals surface area contributed by atoms with Crippen molar-refractivity contribution >= 4 is 27.8 Å². The molecule has 0 bridgehead atoms. The lowest BCUT2D eigenvalue weighted by Crippen LogP contribution is -2.32. The highest BCUT2D eigenvalue weighted by Crippen LogP contribution is 2.64. The average Bonchev–Trinajstić information content (AvgIpc) is 3.56. The van der Waals surface area contributed by atoms with Crippen LogP contribution in [0.15, 0.2) is 212 Å². The first-order valence-corrected chi connectivity index (χ1v) is 18.9. The zero-order valence-electron chi connectivity index (χ0n) is 30.1. The average molecular weight is 702 g/mol. The molecule has 0 saturated carbocycles. The quantitative estimate of drug-likeness (QED) is 0.177. The van der Waals surface area contributed by atoms with Gasteiger partial charge in [-0.05, 0) is 80.7 Å². The van der Waals surface area contributed by atoms with Crippen molar-refractivity contribution in [3.05, 3.63) is 235 Å². The first kappa shape index (κ1) is 31.4. The number of para-hydroxylation sites is 1. The number of nitrogens with zero attached hydrogens (tertiary/aromatic N) is 1. The molecule has 55 heavy (non-hydrogen) atoms. The third-order valence-electron chi connectivity index (χ3n) is 11.5. The molecule has 0 unspecified atom stereocenters. The van der Waals surface area contributed by atoms with E-state index in [1.165, 1.54) is 49.9 Å². The Morgan fingerprint density at radius 3 is 1.67 bits per heavy atom. The minimum atomic E-state index is -0.598. The Hall–Kier alpha value is -7.16. The third-order valence-corrected chi connectivity index (χ3v) is 11.5. The zero-order chi connectivity index (χ0) is 36.3. The van der Waals surface area contributed by atoms with Gasteiger partial charge in [-0.2, -0.15) is 0 Å². The highest BCUT2D eigenvalue weighted by atomic mass is 16.5. The molecule has 258 valence electrons. The number of ether oxygens (including phenoxy) is 1. The van der Waals surface area contributed by atoms with E-state index in [-0.39, 0.29) is 0 Å². The van der Waals surface area contributed by atoms with Crippen LogP contribution >= 0.6 is 0 Å². The van der Waals surface area contributed by atoms with Gasteiger partial charge in [0.2, 0.25) is 0 Å². The number of hydrogen-bond donors (Lipinski definition) is 0. The standard InChI is InChI=1S/C53H35NO/c1-3-16-36(17-4-1)39-21-13-23-41(34-39)54(42-24-14-22-40(35-42)37-18-5-2-6-19-37)49-30-15-29-47-51(49)44-26-9-10-27-45(44)53(47)46-28-11-12-31-50(46)55-52-43-25-8-7-20-38(43)32-33-48(52)53/h1-35H/t53-/m1/s1. The molecule has 0 N–H and O–H groups in total. The molecular formula is C53H35NO. The summed E-state index contributed by atoms with van der Waals surface area (Å²) in [6.45, 7) is 0. The van der Waals surface area contributed by atoms with Crippen LogP contribution in [0.4, 0.5) is 17.1 Å². The largest absolute Gasteiger partial charge is 0.456 e. The van der Waals surface area contributed by atoms with E-state index in [4.69, 9.17) is 4.74 Å². The fourth-order valence-electron chi connectivity index (χ4n) is 9.18. The second-order valence-corrected chi connectivity index (χ2v) is 14.4. The zero-order valence-corrected chi connectivity index (χ0v) is 30.1. The third kappa shape index (κ3) is 4.75. The van der Waals surface area contributed by atoms with Crippen molar-refractivity contribution in [2.45, 2.75) is 5.41 Å². The Kier molecular flexibility index (Phi) is 7.11. The van der Waals surface area contributed by atoms with E-state index < -0.39 is 5.41 Å².